The van der Waals surface area contributed by atoms with E-state index in [4.69, 9.17) is 0 Å². The molecule has 2 heterocycles. The van der Waals surface area contributed by atoms with Gasteiger partial charge >= 0.3 is 0 Å². The van der Waals surface area contributed by atoms with Gasteiger partial charge in [0.1, 0.15) is 5.82 Å². The summed E-state index contributed by atoms with van der Waals surface area (Å²) in [5.74, 6) is 0.839. The molecule has 0 atom stereocenters. The monoisotopic (exact) mass is 150 g/mol. The van der Waals surface area contributed by atoms with Crippen LogP contribution in [0, 0.1) is 6.92 Å². The van der Waals surface area contributed by atoms with Gasteiger partial charge in [0, 0.05) is 22.3 Å². The summed E-state index contributed by atoms with van der Waals surface area (Å²) in [6.45, 7) is 1.90. The van der Waals surface area contributed by atoms with E-state index in [1.807, 2.05) is 18.5 Å². The molecule has 2 rings (SSSR count). The second-order valence-corrected chi connectivity index (χ2v) is 2.87. The molecule has 0 aliphatic carbocycles. The van der Waals surface area contributed by atoms with Crippen molar-refractivity contribution < 1.29 is 0 Å². The van der Waals surface area contributed by atoms with Crippen molar-refractivity contribution in [2.24, 2.45) is 0 Å². The second kappa shape index (κ2) is 2.02. The zero-order valence-electron chi connectivity index (χ0n) is 5.53. The fourth-order valence-corrected chi connectivity index (χ4v) is 1.57. The van der Waals surface area contributed by atoms with Crippen molar-refractivity contribution in [2.45, 2.75) is 6.92 Å². The third-order valence-electron chi connectivity index (χ3n) is 1.34. The molecule has 0 spiro atoms. The molecule has 0 saturated carbocycles. The Hall–Kier alpha value is -0.960. The van der Waals surface area contributed by atoms with Crippen LogP contribution in [0.2, 0.25) is 0 Å². The highest BCUT2D eigenvalue weighted by atomic mass is 32.1. The molecule has 0 amide bonds. The van der Waals surface area contributed by atoms with Gasteiger partial charge in [-0.05, 0) is 6.92 Å². The molecule has 0 bridgehead atoms. The van der Waals surface area contributed by atoms with E-state index in [-0.39, 0.29) is 0 Å². The summed E-state index contributed by atoms with van der Waals surface area (Å²) in [5, 5.41) is 5.22. The largest absolute Gasteiger partial charge is 0.241 e. The summed E-state index contributed by atoms with van der Waals surface area (Å²) in [4.78, 5) is 8.31. The van der Waals surface area contributed by atoms with Crippen LogP contribution >= 0.6 is 11.3 Å². The first-order valence-electron chi connectivity index (χ1n) is 3.02. The molecule has 0 radical (unpaired) electrons. The zero-order valence-corrected chi connectivity index (χ0v) is 6.35. The SMILES string of the molecule is Cc1ncc2cscc2n1. The molecule has 2 aromatic heterocycles. The average molecular weight is 150 g/mol. The maximum Gasteiger partial charge on any atom is 0.125 e. The van der Waals surface area contributed by atoms with Gasteiger partial charge in [-0.15, -0.1) is 11.3 Å². The molecule has 0 aromatic carbocycles. The molecule has 2 aromatic rings. The van der Waals surface area contributed by atoms with Crippen molar-refractivity contribution in [3.05, 3.63) is 22.8 Å². The first kappa shape index (κ1) is 5.80. The maximum absolute atomic E-state index is 4.23. The molecule has 0 saturated heterocycles. The van der Waals surface area contributed by atoms with Crippen LogP contribution in [0.25, 0.3) is 10.9 Å². The maximum atomic E-state index is 4.23. The quantitative estimate of drug-likeness (QED) is 0.574. The lowest BCUT2D eigenvalue weighted by molar-refractivity contribution is 1.09. The lowest BCUT2D eigenvalue weighted by Gasteiger charge is -1.88. The van der Waals surface area contributed by atoms with Gasteiger partial charge in [-0.3, -0.25) is 0 Å². The van der Waals surface area contributed by atoms with Gasteiger partial charge in [-0.25, -0.2) is 9.97 Å². The van der Waals surface area contributed by atoms with Crippen LogP contribution in [0.15, 0.2) is 17.0 Å². The van der Waals surface area contributed by atoms with Crippen LogP contribution < -0.4 is 0 Å². The van der Waals surface area contributed by atoms with E-state index in [2.05, 4.69) is 15.3 Å². The highest BCUT2D eigenvalue weighted by Crippen LogP contribution is 2.14. The van der Waals surface area contributed by atoms with E-state index in [1.54, 1.807) is 11.3 Å². The van der Waals surface area contributed by atoms with Crippen LogP contribution in [0.3, 0.4) is 0 Å². The molecule has 0 N–H and O–H groups in total. The number of rotatable bonds is 0. The summed E-state index contributed by atoms with van der Waals surface area (Å²) in [5.41, 5.74) is 1.05. The molecular formula is C7H6N2S. The van der Waals surface area contributed by atoms with Gasteiger partial charge in [0.05, 0.1) is 5.52 Å². The molecule has 0 aliphatic rings. The number of hydrogen-bond donors (Lipinski definition) is 0. The summed E-state index contributed by atoms with van der Waals surface area (Å²) in [6, 6.07) is 0. The van der Waals surface area contributed by atoms with Crippen molar-refractivity contribution in [3.8, 4) is 0 Å². The molecule has 50 valence electrons. The average Bonchev–Trinajstić information content (AvgIpc) is 2.33. The van der Waals surface area contributed by atoms with Gasteiger partial charge in [0.25, 0.3) is 0 Å². The lowest BCUT2D eigenvalue weighted by atomic mass is 10.4. The molecule has 10 heavy (non-hydrogen) atoms. The first-order valence-corrected chi connectivity index (χ1v) is 3.96. The summed E-state index contributed by atoms with van der Waals surface area (Å²) >= 11 is 1.66. The third kappa shape index (κ3) is 0.789. The Morgan fingerprint density at radius 1 is 1.40 bits per heavy atom. The third-order valence-corrected chi connectivity index (χ3v) is 2.09. The van der Waals surface area contributed by atoms with E-state index < -0.39 is 0 Å². The van der Waals surface area contributed by atoms with Crippen molar-refractivity contribution in [3.63, 3.8) is 0 Å². The number of aryl methyl sites for hydroxylation is 1. The summed E-state index contributed by atoms with van der Waals surface area (Å²) in [6.07, 6.45) is 1.86. The van der Waals surface area contributed by atoms with E-state index in [9.17, 15) is 0 Å². The lowest BCUT2D eigenvalue weighted by Crippen LogP contribution is -1.83. The van der Waals surface area contributed by atoms with Crippen molar-refractivity contribution in [1.82, 2.24) is 9.97 Å². The molecule has 0 aliphatic heterocycles. The van der Waals surface area contributed by atoms with Crippen LogP contribution in [-0.4, -0.2) is 9.97 Å². The predicted octanol–water partition coefficient (Wildman–Crippen LogP) is 2.00. The van der Waals surface area contributed by atoms with Gasteiger partial charge in [-0.2, -0.15) is 0 Å². The van der Waals surface area contributed by atoms with Crippen LogP contribution in [-0.2, 0) is 0 Å². The van der Waals surface area contributed by atoms with Gasteiger partial charge in [-0.1, -0.05) is 0 Å². The zero-order chi connectivity index (χ0) is 6.97. The minimum absolute atomic E-state index is 0.839. The number of nitrogens with zero attached hydrogens (tertiary/aromatic N) is 2. The van der Waals surface area contributed by atoms with E-state index in [0.29, 0.717) is 0 Å². The highest BCUT2D eigenvalue weighted by molar-refractivity contribution is 7.09. The predicted molar refractivity (Wildman–Crippen MR) is 42.2 cm³/mol. The molecular weight excluding hydrogens is 144 g/mol. The summed E-state index contributed by atoms with van der Waals surface area (Å²) < 4.78 is 0. The molecule has 0 fully saturated rings. The Morgan fingerprint density at radius 3 is 3.20 bits per heavy atom. The van der Waals surface area contributed by atoms with E-state index >= 15 is 0 Å². The minimum atomic E-state index is 0.839. The Balaban J connectivity index is 2.86. The second-order valence-electron chi connectivity index (χ2n) is 2.13. The van der Waals surface area contributed by atoms with Crippen LogP contribution in [0.4, 0.5) is 0 Å². The number of aromatic nitrogens is 2. The van der Waals surface area contributed by atoms with E-state index in [1.165, 1.54) is 0 Å². The number of fused-ring (bicyclic) bond motifs is 1. The fourth-order valence-electron chi connectivity index (χ4n) is 0.854. The molecule has 0 unspecified atom stereocenters. The first-order chi connectivity index (χ1) is 4.86. The summed E-state index contributed by atoms with van der Waals surface area (Å²) in [7, 11) is 0. The van der Waals surface area contributed by atoms with Crippen LogP contribution in [0.5, 0.6) is 0 Å². The fraction of sp³-hybridized carbons (Fsp3) is 0.143. The Morgan fingerprint density at radius 2 is 2.30 bits per heavy atom. The standard InChI is InChI=1S/C7H6N2S/c1-5-8-2-6-3-10-4-7(6)9-5/h2-4H,1H3. The van der Waals surface area contributed by atoms with Gasteiger partial charge < -0.3 is 0 Å². The van der Waals surface area contributed by atoms with Gasteiger partial charge in [0.2, 0.25) is 0 Å². The Labute approximate surface area is 62.6 Å². The van der Waals surface area contributed by atoms with Crippen LogP contribution in [0.1, 0.15) is 5.82 Å². The van der Waals surface area contributed by atoms with Gasteiger partial charge in [0.15, 0.2) is 0 Å². The van der Waals surface area contributed by atoms with Crippen molar-refractivity contribution in [1.29, 1.82) is 0 Å². The highest BCUT2D eigenvalue weighted by Gasteiger charge is 1.94. The number of thiophene rings is 1. The number of hydrogen-bond acceptors (Lipinski definition) is 3. The van der Waals surface area contributed by atoms with Crippen molar-refractivity contribution >= 4 is 22.2 Å². The molecule has 2 nitrogen and oxygen atoms in total. The Kier molecular flexibility index (Phi) is 1.17. The Bertz CT molecular complexity index is 353. The smallest absolute Gasteiger partial charge is 0.125 e. The van der Waals surface area contributed by atoms with E-state index in [0.717, 1.165) is 16.7 Å². The van der Waals surface area contributed by atoms with Crippen molar-refractivity contribution in [2.75, 3.05) is 0 Å². The minimum Gasteiger partial charge on any atom is -0.241 e. The topological polar surface area (TPSA) is 25.8 Å². The molecule has 3 heteroatoms. The normalized spacial score (nSPS) is 10.5.